The number of halogens is 1. The monoisotopic (exact) mass is 268 g/mol. The third-order valence-electron chi connectivity index (χ3n) is 3.50. The van der Waals surface area contributed by atoms with Gasteiger partial charge in [0, 0.05) is 9.48 Å². The molecule has 0 atom stereocenters. The number of rotatable bonds is 1. The minimum atomic E-state index is -0.195. The predicted octanol–water partition coefficient (Wildman–Crippen LogP) is 2.68. The van der Waals surface area contributed by atoms with E-state index in [-0.39, 0.29) is 12.7 Å². The highest BCUT2D eigenvalue weighted by molar-refractivity contribution is 7.29. The summed E-state index contributed by atoms with van der Waals surface area (Å²) in [4.78, 5) is 0. The summed E-state index contributed by atoms with van der Waals surface area (Å²) >= 11 is 1.74. The average molecular weight is 268 g/mol. The molecule has 1 nitrogen and oxygen atoms in total. The van der Waals surface area contributed by atoms with Crippen LogP contribution in [-0.4, -0.2) is 6.92 Å². The van der Waals surface area contributed by atoms with Crippen LogP contribution in [0.5, 0.6) is 0 Å². The molecule has 0 bridgehead atoms. The van der Waals surface area contributed by atoms with E-state index in [0.29, 0.717) is 6.61 Å². The van der Waals surface area contributed by atoms with E-state index < -0.39 is 0 Å². The second-order valence-electron chi connectivity index (χ2n) is 4.72. The van der Waals surface area contributed by atoms with Crippen molar-refractivity contribution in [2.45, 2.75) is 6.61 Å². The van der Waals surface area contributed by atoms with Crippen LogP contribution in [0.25, 0.3) is 10.1 Å². The van der Waals surface area contributed by atoms with Gasteiger partial charge >= 0.3 is 6.92 Å². The number of hydrogen-bond acceptors (Lipinski definition) is 2. The molecule has 0 saturated heterocycles. The Morgan fingerprint density at radius 2 is 2.00 bits per heavy atom. The molecule has 4 heteroatoms. The Morgan fingerprint density at radius 1 is 1.11 bits per heavy atom. The first kappa shape index (κ1) is 11.2. The van der Waals surface area contributed by atoms with Crippen LogP contribution in [-0.2, 0) is 11.3 Å². The number of hydrogen-bond donors (Lipinski definition) is 0. The van der Waals surface area contributed by atoms with Gasteiger partial charge in [0.2, 0.25) is 0 Å². The van der Waals surface area contributed by atoms with Gasteiger partial charge in [-0.25, -0.2) is 4.39 Å². The molecule has 92 valence electrons. The van der Waals surface area contributed by atoms with Crippen molar-refractivity contribution in [1.82, 2.24) is 0 Å². The topological polar surface area (TPSA) is 9.23 Å². The standard InChI is InChI=1S/C15H10BFOS/c17-12-5-6-13-11(7-12)9-18-16(13)15-8-10-3-1-2-4-14(10)19-15/h1-8H,9H2. The summed E-state index contributed by atoms with van der Waals surface area (Å²) in [6, 6.07) is 15.4. The summed E-state index contributed by atoms with van der Waals surface area (Å²) in [7, 11) is 0. The van der Waals surface area contributed by atoms with Gasteiger partial charge in [-0.15, -0.1) is 11.3 Å². The highest BCUT2D eigenvalue weighted by Gasteiger charge is 2.31. The lowest BCUT2D eigenvalue weighted by Crippen LogP contribution is -2.39. The van der Waals surface area contributed by atoms with E-state index in [0.717, 1.165) is 11.0 Å². The van der Waals surface area contributed by atoms with Gasteiger partial charge in [0.15, 0.2) is 0 Å². The summed E-state index contributed by atoms with van der Waals surface area (Å²) in [5, 5.41) is 1.24. The Morgan fingerprint density at radius 3 is 2.89 bits per heavy atom. The highest BCUT2D eigenvalue weighted by atomic mass is 32.1. The van der Waals surface area contributed by atoms with Gasteiger partial charge in [-0.1, -0.05) is 24.3 Å². The van der Waals surface area contributed by atoms with Crippen molar-refractivity contribution < 1.29 is 9.04 Å². The van der Waals surface area contributed by atoms with E-state index >= 15 is 0 Å². The van der Waals surface area contributed by atoms with Crippen LogP contribution in [0, 0.1) is 5.82 Å². The molecule has 0 amide bonds. The molecule has 0 aliphatic carbocycles. The summed E-state index contributed by atoms with van der Waals surface area (Å²) in [6.45, 7) is 0.444. The third-order valence-corrected chi connectivity index (χ3v) is 4.66. The molecule has 4 rings (SSSR count). The van der Waals surface area contributed by atoms with Crippen molar-refractivity contribution in [2.24, 2.45) is 0 Å². The van der Waals surface area contributed by atoms with E-state index in [1.807, 2.05) is 18.2 Å². The molecule has 1 aliphatic heterocycles. The van der Waals surface area contributed by atoms with Crippen LogP contribution in [0.2, 0.25) is 0 Å². The Hall–Kier alpha value is -1.65. The van der Waals surface area contributed by atoms with Crippen LogP contribution in [0.1, 0.15) is 5.56 Å². The average Bonchev–Trinajstić information content (AvgIpc) is 3.00. The van der Waals surface area contributed by atoms with Crippen LogP contribution in [0.4, 0.5) is 4.39 Å². The zero-order valence-electron chi connectivity index (χ0n) is 10.1. The zero-order valence-corrected chi connectivity index (χ0v) is 10.9. The summed E-state index contributed by atoms with van der Waals surface area (Å²) in [6.07, 6.45) is 0. The summed E-state index contributed by atoms with van der Waals surface area (Å²) < 4.78 is 21.5. The maximum atomic E-state index is 13.2. The van der Waals surface area contributed by atoms with Crippen LogP contribution < -0.4 is 10.2 Å². The fraction of sp³-hybridized carbons (Fsp3) is 0.0667. The fourth-order valence-corrected chi connectivity index (χ4v) is 3.72. The van der Waals surface area contributed by atoms with E-state index in [2.05, 4.69) is 18.2 Å². The predicted molar refractivity (Wildman–Crippen MR) is 78.0 cm³/mol. The largest absolute Gasteiger partial charge is 0.422 e. The lowest BCUT2D eigenvalue weighted by Gasteiger charge is -2.03. The number of fused-ring (bicyclic) bond motifs is 2. The highest BCUT2D eigenvalue weighted by Crippen LogP contribution is 2.21. The van der Waals surface area contributed by atoms with Crippen LogP contribution >= 0.6 is 11.3 Å². The lowest BCUT2D eigenvalue weighted by molar-refractivity contribution is 0.337. The van der Waals surface area contributed by atoms with E-state index in [4.69, 9.17) is 4.65 Å². The number of benzene rings is 2. The Kier molecular flexibility index (Phi) is 2.47. The van der Waals surface area contributed by atoms with E-state index in [1.165, 1.54) is 20.9 Å². The van der Waals surface area contributed by atoms with Gasteiger partial charge in [0.1, 0.15) is 5.82 Å². The minimum absolute atomic E-state index is 0.0481. The van der Waals surface area contributed by atoms with E-state index in [1.54, 1.807) is 17.4 Å². The molecule has 1 aliphatic rings. The second kappa shape index (κ2) is 4.18. The Bertz CT molecular complexity index is 735. The summed E-state index contributed by atoms with van der Waals surface area (Å²) in [5.74, 6) is -0.195. The molecule has 0 unspecified atom stereocenters. The van der Waals surface area contributed by atoms with E-state index in [9.17, 15) is 4.39 Å². The van der Waals surface area contributed by atoms with Gasteiger partial charge < -0.3 is 4.65 Å². The fourth-order valence-electron chi connectivity index (χ4n) is 2.59. The van der Waals surface area contributed by atoms with Gasteiger partial charge in [0.25, 0.3) is 0 Å². The van der Waals surface area contributed by atoms with Crippen molar-refractivity contribution in [3.05, 3.63) is 59.9 Å². The number of thiophene rings is 1. The van der Waals surface area contributed by atoms with Gasteiger partial charge in [-0.05, 0) is 40.7 Å². The first-order chi connectivity index (χ1) is 9.31. The second-order valence-corrected chi connectivity index (χ2v) is 5.84. The van der Waals surface area contributed by atoms with Crippen molar-refractivity contribution >= 4 is 38.6 Å². The maximum absolute atomic E-state index is 13.2. The minimum Gasteiger partial charge on any atom is -0.422 e. The molecule has 19 heavy (non-hydrogen) atoms. The molecule has 2 aromatic carbocycles. The molecule has 0 spiro atoms. The molecule has 0 fully saturated rings. The molecular formula is C15H10BFOS. The smallest absolute Gasteiger partial charge is 0.372 e. The van der Waals surface area contributed by atoms with Crippen LogP contribution in [0.3, 0.4) is 0 Å². The molecular weight excluding hydrogens is 258 g/mol. The molecule has 0 N–H and O–H groups in total. The van der Waals surface area contributed by atoms with Crippen molar-refractivity contribution in [2.75, 3.05) is 0 Å². The SMILES string of the molecule is Fc1ccc2c(c1)COB2c1cc2ccccc2s1. The first-order valence-corrected chi connectivity index (χ1v) is 7.01. The molecule has 1 aromatic heterocycles. The molecule has 2 heterocycles. The van der Waals surface area contributed by atoms with Gasteiger partial charge in [-0.2, -0.15) is 0 Å². The molecule has 3 aromatic rings. The Balaban J connectivity index is 1.82. The first-order valence-electron chi connectivity index (χ1n) is 6.20. The third kappa shape index (κ3) is 1.79. The normalized spacial score (nSPS) is 14.1. The quantitative estimate of drug-likeness (QED) is 0.616. The molecule has 0 radical (unpaired) electrons. The molecule has 0 saturated carbocycles. The van der Waals surface area contributed by atoms with Gasteiger partial charge in [-0.3, -0.25) is 0 Å². The zero-order chi connectivity index (χ0) is 12.8. The van der Waals surface area contributed by atoms with Crippen LogP contribution in [0.15, 0.2) is 48.5 Å². The maximum Gasteiger partial charge on any atom is 0.372 e. The lowest BCUT2D eigenvalue weighted by atomic mass is 9.60. The van der Waals surface area contributed by atoms with Crippen molar-refractivity contribution in [3.8, 4) is 0 Å². The van der Waals surface area contributed by atoms with Crippen molar-refractivity contribution in [1.29, 1.82) is 0 Å². The van der Waals surface area contributed by atoms with Crippen molar-refractivity contribution in [3.63, 3.8) is 0 Å². The van der Waals surface area contributed by atoms with Gasteiger partial charge in [0.05, 0.1) is 6.61 Å². The summed E-state index contributed by atoms with van der Waals surface area (Å²) in [5.41, 5.74) is 2.05. The Labute approximate surface area is 114 Å².